The minimum Gasteiger partial charge on any atom is -0.507 e. The highest BCUT2D eigenvalue weighted by Crippen LogP contribution is 2.44. The smallest absolute Gasteiger partial charge is 0.294 e. The molecule has 5 rings (SSSR count). The first-order chi connectivity index (χ1) is 14.3. The third-order valence-electron chi connectivity index (χ3n) is 6.04. The van der Waals surface area contributed by atoms with Crippen LogP contribution in [0.5, 0.6) is 10.9 Å². The molecule has 3 atom stereocenters. The van der Waals surface area contributed by atoms with Crippen molar-refractivity contribution in [2.45, 2.75) is 44.4 Å². The Kier molecular flexibility index (Phi) is 4.41. The number of benzene rings is 1. The zero-order valence-electron chi connectivity index (χ0n) is 16.9. The summed E-state index contributed by atoms with van der Waals surface area (Å²) in [6.07, 6.45) is 4.67. The van der Waals surface area contributed by atoms with Crippen molar-refractivity contribution in [1.29, 1.82) is 0 Å². The van der Waals surface area contributed by atoms with Gasteiger partial charge in [0, 0.05) is 30.6 Å². The number of halogens is 1. The zero-order valence-corrected chi connectivity index (χ0v) is 17.7. The van der Waals surface area contributed by atoms with Crippen LogP contribution in [0.3, 0.4) is 0 Å². The van der Waals surface area contributed by atoms with Crippen molar-refractivity contribution < 1.29 is 14.2 Å². The molecule has 30 heavy (non-hydrogen) atoms. The van der Waals surface area contributed by atoms with Gasteiger partial charge in [0.15, 0.2) is 5.01 Å². The maximum atomic E-state index is 14.2. The minimum absolute atomic E-state index is 0.0820. The van der Waals surface area contributed by atoms with E-state index in [9.17, 15) is 9.50 Å². The molecule has 0 amide bonds. The van der Waals surface area contributed by atoms with Crippen molar-refractivity contribution in [1.82, 2.24) is 24.9 Å². The number of hydrogen-bond donors (Lipinski definition) is 1. The molecular weight excluding hydrogens is 405 g/mol. The van der Waals surface area contributed by atoms with Gasteiger partial charge in [-0.15, -0.1) is 5.10 Å². The maximum absolute atomic E-state index is 14.2. The van der Waals surface area contributed by atoms with Crippen LogP contribution in [-0.2, 0) is 0 Å². The molecule has 156 valence electrons. The Labute approximate surface area is 177 Å². The van der Waals surface area contributed by atoms with E-state index in [0.29, 0.717) is 28.6 Å². The van der Waals surface area contributed by atoms with Crippen LogP contribution in [-0.4, -0.2) is 54.7 Å². The fourth-order valence-electron chi connectivity index (χ4n) is 4.30. The van der Waals surface area contributed by atoms with Crippen LogP contribution in [0.25, 0.3) is 16.3 Å². The van der Waals surface area contributed by atoms with Gasteiger partial charge in [-0.05, 0) is 45.2 Å². The molecular formula is C21H22FN5O2S. The van der Waals surface area contributed by atoms with Gasteiger partial charge in [-0.2, -0.15) is 5.10 Å². The summed E-state index contributed by atoms with van der Waals surface area (Å²) in [5.41, 5.74) is 1.90. The Morgan fingerprint density at radius 1 is 1.30 bits per heavy atom. The fraction of sp³-hybridized carbons (Fsp3) is 0.381. The molecule has 0 spiro atoms. The Balaban J connectivity index is 1.33. The Morgan fingerprint density at radius 2 is 2.13 bits per heavy atom. The summed E-state index contributed by atoms with van der Waals surface area (Å²) >= 11 is 1.27. The van der Waals surface area contributed by atoms with E-state index in [1.165, 1.54) is 11.3 Å². The van der Waals surface area contributed by atoms with E-state index in [1.54, 1.807) is 22.9 Å². The lowest BCUT2D eigenvalue weighted by Crippen LogP contribution is -2.52. The van der Waals surface area contributed by atoms with Gasteiger partial charge in [0.25, 0.3) is 5.19 Å². The third kappa shape index (κ3) is 3.18. The summed E-state index contributed by atoms with van der Waals surface area (Å²) in [6, 6.07) is 6.96. The SMILES string of the molecule is Cc1ccn(-c2ccc(-c3nnc(OC4CC5C(F)=CC(C)(C4)N5C)s3)c(O)c2)n1. The number of fused-ring (bicyclic) bond motifs is 2. The van der Waals surface area contributed by atoms with Gasteiger partial charge in [-0.1, -0.05) is 16.4 Å². The molecule has 1 saturated heterocycles. The lowest BCUT2D eigenvalue weighted by Gasteiger charge is -2.42. The molecule has 0 radical (unpaired) electrons. The zero-order chi connectivity index (χ0) is 21.0. The van der Waals surface area contributed by atoms with Gasteiger partial charge in [0.2, 0.25) is 0 Å². The van der Waals surface area contributed by atoms with Crippen LogP contribution in [0.1, 0.15) is 25.5 Å². The van der Waals surface area contributed by atoms with Gasteiger partial charge in [0.1, 0.15) is 17.7 Å². The van der Waals surface area contributed by atoms with Crippen molar-refractivity contribution in [3.8, 4) is 27.2 Å². The van der Waals surface area contributed by atoms with E-state index >= 15 is 0 Å². The third-order valence-corrected chi connectivity index (χ3v) is 6.89. The molecule has 9 heteroatoms. The molecule has 3 unspecified atom stereocenters. The van der Waals surface area contributed by atoms with Crippen LogP contribution < -0.4 is 4.74 Å². The second-order valence-corrected chi connectivity index (χ2v) is 9.11. The highest BCUT2D eigenvalue weighted by molar-refractivity contribution is 7.16. The second-order valence-electron chi connectivity index (χ2n) is 8.17. The first-order valence-corrected chi connectivity index (χ1v) is 10.6. The average Bonchev–Trinajstić information content (AvgIpc) is 3.35. The summed E-state index contributed by atoms with van der Waals surface area (Å²) in [4.78, 5) is 2.06. The summed E-state index contributed by atoms with van der Waals surface area (Å²) in [5.74, 6) is 0.0147. The molecule has 3 aromatic rings. The lowest BCUT2D eigenvalue weighted by molar-refractivity contribution is 0.0240. The molecule has 7 nitrogen and oxygen atoms in total. The predicted octanol–water partition coefficient (Wildman–Crippen LogP) is 3.87. The fourth-order valence-corrected chi connectivity index (χ4v) is 5.10. The number of ether oxygens (including phenoxy) is 1. The minimum atomic E-state index is -0.343. The highest BCUT2D eigenvalue weighted by Gasteiger charge is 2.48. The molecule has 0 saturated carbocycles. The number of phenolic OH excluding ortho intramolecular Hbond substituents is 1. The van der Waals surface area contributed by atoms with E-state index in [-0.39, 0.29) is 29.3 Å². The lowest BCUT2D eigenvalue weighted by atomic mass is 9.89. The van der Waals surface area contributed by atoms with E-state index in [0.717, 1.165) is 11.4 Å². The Bertz CT molecular complexity index is 1140. The largest absolute Gasteiger partial charge is 0.507 e. The van der Waals surface area contributed by atoms with Crippen molar-refractivity contribution >= 4 is 11.3 Å². The van der Waals surface area contributed by atoms with Crippen molar-refractivity contribution in [3.05, 3.63) is 48.1 Å². The van der Waals surface area contributed by atoms with Crippen molar-refractivity contribution in [2.24, 2.45) is 0 Å². The van der Waals surface area contributed by atoms with E-state index in [1.807, 2.05) is 39.2 Å². The highest BCUT2D eigenvalue weighted by atomic mass is 32.1. The van der Waals surface area contributed by atoms with Gasteiger partial charge < -0.3 is 9.84 Å². The second kappa shape index (κ2) is 6.88. The predicted molar refractivity (Wildman–Crippen MR) is 112 cm³/mol. The summed E-state index contributed by atoms with van der Waals surface area (Å²) in [5, 5.41) is 24.2. The van der Waals surface area contributed by atoms with Gasteiger partial charge >= 0.3 is 0 Å². The standard InChI is InChI=1S/C21H22FN5O2S/c1-12-6-7-27(25-12)13-4-5-15(18(28)8-13)19-23-24-20(30-19)29-14-9-17-16(22)11-21(2,10-14)26(17)3/h4-8,11,14,17,28H,9-10H2,1-3H3. The van der Waals surface area contributed by atoms with Gasteiger partial charge in [0.05, 0.1) is 23.0 Å². The summed E-state index contributed by atoms with van der Waals surface area (Å²) in [6.45, 7) is 3.93. The number of piperidine rings is 1. The molecule has 2 aliphatic heterocycles. The van der Waals surface area contributed by atoms with Gasteiger partial charge in [-0.25, -0.2) is 9.07 Å². The number of hydrogen-bond acceptors (Lipinski definition) is 7. The van der Waals surface area contributed by atoms with Crippen LogP contribution >= 0.6 is 11.3 Å². The van der Waals surface area contributed by atoms with Crippen LogP contribution in [0, 0.1) is 6.92 Å². The topological polar surface area (TPSA) is 76.3 Å². The van der Waals surface area contributed by atoms with Crippen molar-refractivity contribution in [3.63, 3.8) is 0 Å². The van der Waals surface area contributed by atoms with Crippen LogP contribution in [0.15, 0.2) is 42.4 Å². The quantitative estimate of drug-likeness (QED) is 0.681. The monoisotopic (exact) mass is 427 g/mol. The molecule has 2 aliphatic rings. The Hall–Kier alpha value is -2.78. The number of likely N-dealkylation sites (N-methyl/N-ethyl adjacent to an activating group) is 1. The molecule has 2 bridgehead atoms. The summed E-state index contributed by atoms with van der Waals surface area (Å²) in [7, 11) is 1.95. The van der Waals surface area contributed by atoms with Crippen LogP contribution in [0.4, 0.5) is 4.39 Å². The molecule has 2 aromatic heterocycles. The van der Waals surface area contributed by atoms with E-state index < -0.39 is 0 Å². The Morgan fingerprint density at radius 3 is 2.83 bits per heavy atom. The summed E-state index contributed by atoms with van der Waals surface area (Å²) < 4.78 is 22.0. The molecule has 1 N–H and O–H groups in total. The molecule has 4 heterocycles. The maximum Gasteiger partial charge on any atom is 0.294 e. The average molecular weight is 428 g/mol. The number of aromatic nitrogens is 4. The van der Waals surface area contributed by atoms with E-state index in [2.05, 4.69) is 20.2 Å². The normalized spacial score (nSPS) is 26.1. The number of aromatic hydroxyl groups is 1. The van der Waals surface area contributed by atoms with E-state index in [4.69, 9.17) is 4.74 Å². The first kappa shape index (κ1) is 19.2. The molecule has 1 fully saturated rings. The number of rotatable bonds is 4. The molecule has 1 aromatic carbocycles. The van der Waals surface area contributed by atoms with Crippen LogP contribution in [0.2, 0.25) is 0 Å². The number of phenols is 1. The van der Waals surface area contributed by atoms with Gasteiger partial charge in [-0.3, -0.25) is 4.90 Å². The first-order valence-electron chi connectivity index (χ1n) is 9.80. The number of aryl methyl sites for hydroxylation is 1. The molecule has 0 aliphatic carbocycles. The van der Waals surface area contributed by atoms with Crippen molar-refractivity contribution in [2.75, 3.05) is 7.05 Å². The number of nitrogens with zero attached hydrogens (tertiary/aromatic N) is 5.